The molecule has 1 atom stereocenters. The summed E-state index contributed by atoms with van der Waals surface area (Å²) in [5.41, 5.74) is -4.28. The third-order valence-corrected chi connectivity index (χ3v) is 7.00. The molecule has 0 saturated heterocycles. The molecule has 0 unspecified atom stereocenters. The second-order valence-electron chi connectivity index (χ2n) is 10.8. The van der Waals surface area contributed by atoms with Crippen molar-refractivity contribution < 1.29 is 64.6 Å². The molecule has 3 aromatic rings. The average Bonchev–Trinajstić information content (AvgIpc) is 3.26. The molecule has 49 heavy (non-hydrogen) atoms. The first-order valence-corrected chi connectivity index (χ1v) is 14.2. The van der Waals surface area contributed by atoms with Gasteiger partial charge < -0.3 is 20.1 Å². The summed E-state index contributed by atoms with van der Waals surface area (Å²) in [4.78, 5) is 77.3. The van der Waals surface area contributed by atoms with Gasteiger partial charge in [0.05, 0.1) is 39.2 Å². The van der Waals surface area contributed by atoms with Crippen molar-refractivity contribution in [2.45, 2.75) is 32.2 Å². The summed E-state index contributed by atoms with van der Waals surface area (Å²) in [5, 5.41) is 4.00. The third kappa shape index (κ3) is 8.22. The number of nitrogens with one attached hydrogen (secondary N) is 2. The average molecular weight is 694 g/mol. The number of nitrogens with zero attached hydrogens (tertiary/aromatic N) is 1. The molecule has 1 aliphatic rings. The Hall–Kier alpha value is -5.74. The van der Waals surface area contributed by atoms with Crippen LogP contribution in [-0.4, -0.2) is 59.7 Å². The number of anilines is 2. The second kappa shape index (κ2) is 14.2. The smallest absolute Gasteiger partial charge is 0.418 e. The Morgan fingerprint density at radius 3 is 1.65 bits per heavy atom. The zero-order chi connectivity index (χ0) is 36.3. The van der Waals surface area contributed by atoms with Crippen molar-refractivity contribution in [2.24, 2.45) is 5.92 Å². The third-order valence-electron chi connectivity index (χ3n) is 7.00. The van der Waals surface area contributed by atoms with Crippen LogP contribution < -0.4 is 10.6 Å². The predicted octanol–water partition coefficient (Wildman–Crippen LogP) is 5.32. The van der Waals surface area contributed by atoms with Crippen LogP contribution in [0, 0.1) is 5.92 Å². The molecule has 4 rings (SSSR count). The molecule has 0 aromatic heterocycles. The van der Waals surface area contributed by atoms with E-state index in [1.165, 1.54) is 26.0 Å². The van der Waals surface area contributed by atoms with Crippen molar-refractivity contribution in [1.82, 2.24) is 4.90 Å². The van der Waals surface area contributed by atoms with Crippen molar-refractivity contribution in [1.29, 1.82) is 0 Å². The number of carbonyl (C=O) groups excluding carboxylic acids is 6. The van der Waals surface area contributed by atoms with Gasteiger partial charge in [-0.3, -0.25) is 24.1 Å². The van der Waals surface area contributed by atoms with Crippen LogP contribution in [0.5, 0.6) is 0 Å². The van der Waals surface area contributed by atoms with Crippen LogP contribution in [0.15, 0.2) is 66.7 Å². The number of alkyl halides is 6. The van der Waals surface area contributed by atoms with Crippen LogP contribution in [0.4, 0.5) is 37.7 Å². The molecule has 0 saturated carbocycles. The minimum Gasteiger partial charge on any atom is -0.454 e. The van der Waals surface area contributed by atoms with Crippen LogP contribution in [0.2, 0.25) is 0 Å². The normalized spacial score (nSPS) is 13.5. The second-order valence-corrected chi connectivity index (χ2v) is 10.8. The summed E-state index contributed by atoms with van der Waals surface area (Å²) in [6, 6.07) is 9.75. The van der Waals surface area contributed by atoms with Gasteiger partial charge in [0.2, 0.25) is 0 Å². The lowest BCUT2D eigenvalue weighted by Gasteiger charge is -2.27. The van der Waals surface area contributed by atoms with Crippen molar-refractivity contribution in [2.75, 3.05) is 23.8 Å². The number of amides is 4. The van der Waals surface area contributed by atoms with E-state index in [2.05, 4.69) is 0 Å². The van der Waals surface area contributed by atoms with E-state index in [4.69, 9.17) is 9.47 Å². The fourth-order valence-corrected chi connectivity index (χ4v) is 4.80. The van der Waals surface area contributed by atoms with Crippen molar-refractivity contribution in [3.05, 3.63) is 94.5 Å². The van der Waals surface area contributed by atoms with Crippen molar-refractivity contribution in [3.63, 3.8) is 0 Å². The van der Waals surface area contributed by atoms with Crippen molar-refractivity contribution >= 4 is 46.9 Å². The predicted molar refractivity (Wildman–Crippen MR) is 157 cm³/mol. The molecule has 11 nitrogen and oxygen atoms in total. The SMILES string of the molecule is CC(C)[C@@H](C(=O)OCC(=O)Nc1ccccc1C(F)(F)F)N1C(=O)c2ccc(C(=O)OCC(=O)Nc3ccccc3C(F)(F)F)cc2C1=O. The van der Waals surface area contributed by atoms with Gasteiger partial charge in [-0.2, -0.15) is 26.3 Å². The number of esters is 2. The van der Waals surface area contributed by atoms with E-state index in [1.54, 1.807) is 0 Å². The lowest BCUT2D eigenvalue weighted by molar-refractivity contribution is -0.152. The number of carbonyl (C=O) groups is 6. The maximum Gasteiger partial charge on any atom is 0.418 e. The number of halogens is 6. The molecule has 258 valence electrons. The number of hydrogen-bond donors (Lipinski definition) is 2. The van der Waals surface area contributed by atoms with Gasteiger partial charge in [0.15, 0.2) is 13.2 Å². The van der Waals surface area contributed by atoms with E-state index in [0.29, 0.717) is 4.90 Å². The summed E-state index contributed by atoms with van der Waals surface area (Å²) in [6.07, 6.45) is -9.55. The molecule has 17 heteroatoms. The first-order chi connectivity index (χ1) is 22.9. The van der Waals surface area contributed by atoms with Gasteiger partial charge in [-0.25, -0.2) is 9.59 Å². The molecular formula is C32H25F6N3O8. The monoisotopic (exact) mass is 693 g/mol. The highest BCUT2D eigenvalue weighted by Gasteiger charge is 2.45. The van der Waals surface area contributed by atoms with Crippen LogP contribution >= 0.6 is 0 Å². The number of ether oxygens (including phenoxy) is 2. The van der Waals surface area contributed by atoms with E-state index < -0.39 is 95.6 Å². The lowest BCUT2D eigenvalue weighted by Crippen LogP contribution is -2.49. The summed E-state index contributed by atoms with van der Waals surface area (Å²) < 4.78 is 89.1. The van der Waals surface area contributed by atoms with Gasteiger partial charge in [0.25, 0.3) is 23.6 Å². The lowest BCUT2D eigenvalue weighted by atomic mass is 10.0. The van der Waals surface area contributed by atoms with Crippen molar-refractivity contribution in [3.8, 4) is 0 Å². The number of fused-ring (bicyclic) bond motifs is 1. The fraction of sp³-hybridized carbons (Fsp3) is 0.250. The fourth-order valence-electron chi connectivity index (χ4n) is 4.80. The molecule has 0 fully saturated rings. The number of hydrogen-bond acceptors (Lipinski definition) is 8. The Kier molecular flexibility index (Phi) is 10.4. The van der Waals surface area contributed by atoms with E-state index >= 15 is 0 Å². The Bertz CT molecular complexity index is 1820. The zero-order valence-corrected chi connectivity index (χ0v) is 25.4. The van der Waals surface area contributed by atoms with Crippen LogP contribution in [0.1, 0.15) is 56.0 Å². The molecule has 1 heterocycles. The molecule has 1 aliphatic heterocycles. The van der Waals surface area contributed by atoms with E-state index in [1.807, 2.05) is 10.6 Å². The summed E-state index contributed by atoms with van der Waals surface area (Å²) in [7, 11) is 0. The zero-order valence-electron chi connectivity index (χ0n) is 25.4. The van der Waals surface area contributed by atoms with Crippen LogP contribution in [-0.2, 0) is 36.2 Å². The standard InChI is InChI=1S/C32H25F6N3O8/c1-16(2)26(30(47)49-15-25(43)40-23-10-6-4-8-21(23)32(36,37)38)41-27(44)18-12-11-17(13-19(18)28(41)45)29(46)48-14-24(42)39-22-9-5-3-7-20(22)31(33,34)35/h3-13,16,26H,14-15H2,1-2H3,(H,39,42)(H,40,43)/t26-/m0/s1. The first-order valence-electron chi connectivity index (χ1n) is 14.2. The first kappa shape index (κ1) is 36.1. The van der Waals surface area contributed by atoms with E-state index in [9.17, 15) is 55.1 Å². The van der Waals surface area contributed by atoms with Gasteiger partial charge in [0.1, 0.15) is 6.04 Å². The molecule has 2 N–H and O–H groups in total. The molecule has 4 amide bonds. The molecule has 3 aromatic carbocycles. The Morgan fingerprint density at radius 2 is 1.16 bits per heavy atom. The Balaban J connectivity index is 1.41. The van der Waals surface area contributed by atoms with Crippen LogP contribution in [0.3, 0.4) is 0 Å². The van der Waals surface area contributed by atoms with E-state index in [0.717, 1.165) is 54.6 Å². The molecule has 0 radical (unpaired) electrons. The number of benzene rings is 3. The number of rotatable bonds is 10. The minimum atomic E-state index is -4.79. The molecule has 0 aliphatic carbocycles. The molecular weight excluding hydrogens is 668 g/mol. The number of imide groups is 1. The Labute approximate surface area is 273 Å². The van der Waals surface area contributed by atoms with Gasteiger partial charge in [-0.1, -0.05) is 38.1 Å². The summed E-state index contributed by atoms with van der Waals surface area (Å²) in [6.45, 7) is 0.854. The maximum absolute atomic E-state index is 13.3. The highest BCUT2D eigenvalue weighted by Crippen LogP contribution is 2.36. The Morgan fingerprint density at radius 1 is 0.694 bits per heavy atom. The minimum absolute atomic E-state index is 0.219. The van der Waals surface area contributed by atoms with Gasteiger partial charge in [-0.15, -0.1) is 0 Å². The summed E-state index contributed by atoms with van der Waals surface area (Å²) >= 11 is 0. The van der Waals surface area contributed by atoms with Gasteiger partial charge >= 0.3 is 24.3 Å². The molecule has 0 bridgehead atoms. The maximum atomic E-state index is 13.3. The van der Waals surface area contributed by atoms with E-state index in [-0.39, 0.29) is 16.7 Å². The largest absolute Gasteiger partial charge is 0.454 e. The quantitative estimate of drug-likeness (QED) is 0.165. The highest BCUT2D eigenvalue weighted by atomic mass is 19.4. The topological polar surface area (TPSA) is 148 Å². The molecule has 0 spiro atoms. The van der Waals surface area contributed by atoms with Gasteiger partial charge in [0, 0.05) is 0 Å². The van der Waals surface area contributed by atoms with Crippen LogP contribution in [0.25, 0.3) is 0 Å². The number of para-hydroxylation sites is 2. The highest BCUT2D eigenvalue weighted by molar-refractivity contribution is 6.23. The summed E-state index contributed by atoms with van der Waals surface area (Å²) in [5.74, 6) is -7.39. The van der Waals surface area contributed by atoms with Gasteiger partial charge in [-0.05, 0) is 48.4 Å².